The Balaban J connectivity index is 1.68. The van der Waals surface area contributed by atoms with Crippen LogP contribution >= 0.6 is 0 Å². The highest BCUT2D eigenvalue weighted by molar-refractivity contribution is 5.87. The molecule has 25 heavy (non-hydrogen) atoms. The number of piperidine rings is 1. The second-order valence-electron chi connectivity index (χ2n) is 6.76. The number of carbonyl (C=O) groups is 1. The second-order valence-corrected chi connectivity index (χ2v) is 6.76. The average molecular weight is 334 g/mol. The Kier molecular flexibility index (Phi) is 4.28. The molecule has 1 fully saturated rings. The van der Waals surface area contributed by atoms with Crippen LogP contribution in [0.4, 0.5) is 0 Å². The van der Waals surface area contributed by atoms with Gasteiger partial charge in [0, 0.05) is 23.6 Å². The number of nitrogens with one attached hydrogen (secondary N) is 1. The van der Waals surface area contributed by atoms with Gasteiger partial charge in [-0.05, 0) is 61.2 Å². The molecule has 3 aromatic rings. The molecule has 1 aliphatic rings. The number of aromatic carboxylic acids is 1. The second kappa shape index (κ2) is 6.73. The van der Waals surface area contributed by atoms with Gasteiger partial charge >= 0.3 is 5.97 Å². The predicted molar refractivity (Wildman–Crippen MR) is 99.3 cm³/mol. The Morgan fingerprint density at radius 2 is 1.80 bits per heavy atom. The van der Waals surface area contributed by atoms with Gasteiger partial charge in [-0.25, -0.2) is 4.79 Å². The van der Waals surface area contributed by atoms with E-state index in [1.807, 2.05) is 12.1 Å². The van der Waals surface area contributed by atoms with Crippen molar-refractivity contribution in [2.24, 2.45) is 0 Å². The first-order valence-electron chi connectivity index (χ1n) is 8.83. The molecule has 0 unspecified atom stereocenters. The van der Waals surface area contributed by atoms with E-state index < -0.39 is 5.97 Å². The van der Waals surface area contributed by atoms with Crippen LogP contribution in [0.5, 0.6) is 0 Å². The molecule has 2 N–H and O–H groups in total. The van der Waals surface area contributed by atoms with Gasteiger partial charge in [0.1, 0.15) is 0 Å². The van der Waals surface area contributed by atoms with Gasteiger partial charge < -0.3 is 15.0 Å². The highest BCUT2D eigenvalue weighted by Gasteiger charge is 2.20. The van der Waals surface area contributed by atoms with Gasteiger partial charge in [-0.15, -0.1) is 0 Å². The summed E-state index contributed by atoms with van der Waals surface area (Å²) in [5, 5.41) is 13.8. The van der Waals surface area contributed by atoms with E-state index >= 15 is 0 Å². The molecular weight excluding hydrogens is 312 g/mol. The lowest BCUT2D eigenvalue weighted by atomic mass is 9.90. The van der Waals surface area contributed by atoms with Crippen molar-refractivity contribution in [2.75, 3.05) is 13.1 Å². The maximum atomic E-state index is 11.0. The number of para-hydroxylation sites is 1. The first-order chi connectivity index (χ1) is 12.2. The summed E-state index contributed by atoms with van der Waals surface area (Å²) in [6.07, 6.45) is 4.66. The van der Waals surface area contributed by atoms with Crippen molar-refractivity contribution < 1.29 is 9.90 Å². The number of carboxylic acids is 1. The summed E-state index contributed by atoms with van der Waals surface area (Å²) in [5.74, 6) is -0.270. The van der Waals surface area contributed by atoms with Gasteiger partial charge in [0.05, 0.1) is 5.56 Å². The smallest absolute Gasteiger partial charge is 0.335 e. The molecule has 1 saturated heterocycles. The molecule has 0 aliphatic carbocycles. The molecule has 4 heteroatoms. The van der Waals surface area contributed by atoms with Gasteiger partial charge in [0.15, 0.2) is 0 Å². The summed E-state index contributed by atoms with van der Waals surface area (Å²) >= 11 is 0. The van der Waals surface area contributed by atoms with Crippen molar-refractivity contribution in [2.45, 2.75) is 25.3 Å². The Labute approximate surface area is 147 Å². The largest absolute Gasteiger partial charge is 0.478 e. The third-order valence-electron chi connectivity index (χ3n) is 5.15. The fraction of sp³-hybridized carbons (Fsp3) is 0.286. The van der Waals surface area contributed by atoms with E-state index in [9.17, 15) is 4.79 Å². The summed E-state index contributed by atoms with van der Waals surface area (Å²) in [7, 11) is 0. The highest BCUT2D eigenvalue weighted by atomic mass is 16.4. The van der Waals surface area contributed by atoms with Gasteiger partial charge in [-0.3, -0.25) is 0 Å². The van der Waals surface area contributed by atoms with E-state index in [-0.39, 0.29) is 0 Å². The quantitative estimate of drug-likeness (QED) is 0.762. The molecule has 2 aromatic carbocycles. The maximum absolute atomic E-state index is 11.0. The topological polar surface area (TPSA) is 54.3 Å². The van der Waals surface area contributed by atoms with Crippen LogP contribution in [0, 0.1) is 0 Å². The van der Waals surface area contributed by atoms with Gasteiger partial charge in [0.25, 0.3) is 0 Å². The van der Waals surface area contributed by atoms with Gasteiger partial charge in [0.2, 0.25) is 0 Å². The molecule has 128 valence electrons. The van der Waals surface area contributed by atoms with E-state index in [0.29, 0.717) is 11.5 Å². The number of fused-ring (bicyclic) bond motifs is 1. The third-order valence-corrected chi connectivity index (χ3v) is 5.15. The molecule has 1 aliphatic heterocycles. The Hall–Kier alpha value is -2.59. The third kappa shape index (κ3) is 3.17. The van der Waals surface area contributed by atoms with Crippen molar-refractivity contribution in [3.05, 3.63) is 71.4 Å². The minimum atomic E-state index is -0.883. The van der Waals surface area contributed by atoms with Crippen LogP contribution in [0.15, 0.2) is 54.7 Å². The number of benzene rings is 2. The molecule has 0 amide bonds. The van der Waals surface area contributed by atoms with Crippen molar-refractivity contribution >= 4 is 16.9 Å². The van der Waals surface area contributed by atoms with E-state index in [1.54, 1.807) is 12.1 Å². The Morgan fingerprint density at radius 1 is 1.08 bits per heavy atom. The lowest BCUT2D eigenvalue weighted by Gasteiger charge is -2.22. The van der Waals surface area contributed by atoms with Crippen molar-refractivity contribution in [1.29, 1.82) is 0 Å². The zero-order valence-electron chi connectivity index (χ0n) is 14.1. The zero-order chi connectivity index (χ0) is 17.2. The molecule has 0 atom stereocenters. The lowest BCUT2D eigenvalue weighted by molar-refractivity contribution is 0.0697. The number of carboxylic acid groups (broad SMARTS) is 1. The molecule has 4 nitrogen and oxygen atoms in total. The average Bonchev–Trinajstić information content (AvgIpc) is 3.02. The first-order valence-corrected chi connectivity index (χ1v) is 8.83. The summed E-state index contributed by atoms with van der Waals surface area (Å²) in [6.45, 7) is 2.92. The fourth-order valence-corrected chi connectivity index (χ4v) is 3.81. The van der Waals surface area contributed by atoms with E-state index in [2.05, 4.69) is 40.3 Å². The standard InChI is InChI=1S/C21H22N2O2/c24-21(25)17-7-5-15(6-8-17)13-23-14-19(16-9-11-22-12-10-16)18-3-1-2-4-20(18)23/h1-8,14,16,22H,9-13H2,(H,24,25). The molecule has 0 radical (unpaired) electrons. The number of rotatable bonds is 4. The van der Waals surface area contributed by atoms with Crippen LogP contribution in [0.3, 0.4) is 0 Å². The minimum absolute atomic E-state index is 0.330. The summed E-state index contributed by atoms with van der Waals surface area (Å²) in [4.78, 5) is 11.0. The molecular formula is C21H22N2O2. The van der Waals surface area contributed by atoms with Crippen molar-refractivity contribution in [3.63, 3.8) is 0 Å². The highest BCUT2D eigenvalue weighted by Crippen LogP contribution is 2.33. The molecule has 2 heterocycles. The fourth-order valence-electron chi connectivity index (χ4n) is 3.81. The zero-order valence-corrected chi connectivity index (χ0v) is 14.1. The van der Waals surface area contributed by atoms with Crippen LogP contribution < -0.4 is 5.32 Å². The molecule has 0 spiro atoms. The van der Waals surface area contributed by atoms with Gasteiger partial charge in [-0.2, -0.15) is 0 Å². The van der Waals surface area contributed by atoms with Crippen LogP contribution in [0.1, 0.15) is 40.2 Å². The monoisotopic (exact) mass is 334 g/mol. The summed E-state index contributed by atoms with van der Waals surface area (Å²) in [6, 6.07) is 15.7. The summed E-state index contributed by atoms with van der Waals surface area (Å²) in [5.41, 5.74) is 4.14. The first kappa shape index (κ1) is 15.9. The number of hydrogen-bond donors (Lipinski definition) is 2. The predicted octanol–water partition coefficient (Wildman–Crippen LogP) is 3.85. The molecule has 0 saturated carbocycles. The molecule has 1 aromatic heterocycles. The Bertz CT molecular complexity index is 890. The maximum Gasteiger partial charge on any atom is 0.335 e. The van der Waals surface area contributed by atoms with Crippen LogP contribution in [-0.2, 0) is 6.54 Å². The number of hydrogen-bond acceptors (Lipinski definition) is 2. The number of nitrogens with zero attached hydrogens (tertiary/aromatic N) is 1. The minimum Gasteiger partial charge on any atom is -0.478 e. The van der Waals surface area contributed by atoms with Crippen molar-refractivity contribution in [1.82, 2.24) is 9.88 Å². The lowest BCUT2D eigenvalue weighted by Crippen LogP contribution is -2.26. The van der Waals surface area contributed by atoms with E-state index in [4.69, 9.17) is 5.11 Å². The summed E-state index contributed by atoms with van der Waals surface area (Å²) < 4.78 is 2.29. The van der Waals surface area contributed by atoms with Gasteiger partial charge in [-0.1, -0.05) is 30.3 Å². The van der Waals surface area contributed by atoms with Crippen LogP contribution in [-0.4, -0.2) is 28.7 Å². The van der Waals surface area contributed by atoms with E-state index in [0.717, 1.165) is 25.2 Å². The van der Waals surface area contributed by atoms with Crippen molar-refractivity contribution in [3.8, 4) is 0 Å². The number of aromatic nitrogens is 1. The van der Waals surface area contributed by atoms with Crippen LogP contribution in [0.2, 0.25) is 0 Å². The SMILES string of the molecule is O=C(O)c1ccc(Cn2cc(C3CCNCC3)c3ccccc32)cc1. The van der Waals surface area contributed by atoms with E-state index in [1.165, 1.54) is 29.3 Å². The molecule has 4 rings (SSSR count). The van der Waals surface area contributed by atoms with Crippen LogP contribution in [0.25, 0.3) is 10.9 Å². The molecule has 0 bridgehead atoms. The normalized spacial score (nSPS) is 15.5. The Morgan fingerprint density at radius 3 is 2.52 bits per heavy atom.